The normalized spacial score (nSPS) is 15.7. The average Bonchev–Trinajstić information content (AvgIpc) is 2.86. The Hall–Kier alpha value is -3.61. The van der Waals surface area contributed by atoms with E-state index in [0.717, 1.165) is 6.07 Å². The number of hydrogen-bond acceptors (Lipinski definition) is 8. The molecule has 236 valence electrons. The van der Waals surface area contributed by atoms with Crippen LogP contribution in [0.2, 0.25) is 18.1 Å². The van der Waals surface area contributed by atoms with Crippen LogP contribution < -0.4 is 10.1 Å². The highest BCUT2D eigenvalue weighted by Gasteiger charge is 2.41. The van der Waals surface area contributed by atoms with Gasteiger partial charge in [0.25, 0.3) is 0 Å². The number of carbonyl (C=O) groups excluding carboxylic acids is 1. The number of benzene rings is 2. The third-order valence-electron chi connectivity index (χ3n) is 7.60. The first-order chi connectivity index (χ1) is 19.8. The maximum Gasteiger partial charge on any atom is 0.410 e. The molecule has 1 heterocycles. The maximum absolute atomic E-state index is 15.1. The van der Waals surface area contributed by atoms with Gasteiger partial charge in [-0.3, -0.25) is 0 Å². The average molecular weight is 619 g/mol. The molecular formula is C31H43FN2O8Si. The van der Waals surface area contributed by atoms with Crippen molar-refractivity contribution in [2.24, 2.45) is 0 Å². The smallest absolute Gasteiger partial charge is 0.410 e. The monoisotopic (exact) mass is 618 g/mol. The first-order valence-corrected chi connectivity index (χ1v) is 16.9. The molecule has 1 aliphatic heterocycles. The number of amides is 1. The molecule has 1 aliphatic rings. The number of rotatable bonds is 9. The fourth-order valence-corrected chi connectivity index (χ4v) is 5.66. The number of hydrogen-bond donors (Lipinski definition) is 4. The third kappa shape index (κ3) is 7.87. The number of nitrogens with zero attached hydrogens (tertiary/aromatic N) is 1. The molecule has 2 atom stereocenters. The van der Waals surface area contributed by atoms with E-state index in [1.165, 1.54) is 30.2 Å². The number of carbonyl (C=O) groups is 2. The van der Waals surface area contributed by atoms with Crippen LogP contribution in [0.25, 0.3) is 6.08 Å². The Balaban J connectivity index is 2.17. The minimum Gasteiger partial charge on any atom is -0.506 e. The largest absolute Gasteiger partial charge is 0.506 e. The maximum atomic E-state index is 15.1. The highest BCUT2D eigenvalue weighted by molar-refractivity contribution is 6.74. The van der Waals surface area contributed by atoms with E-state index in [9.17, 15) is 24.9 Å². The highest BCUT2D eigenvalue weighted by Crippen LogP contribution is 2.43. The SMILES string of the molecule is COc1c(CN(C[C@H](O[Si](C)(C)C(C)(C)C)c2ccc(O)c3c2C=CC(O)N3)C(=O)OC(C)(C)C)ccc(C(=O)O)c1F. The number of halogens is 1. The van der Waals surface area contributed by atoms with Crippen LogP contribution in [-0.2, 0) is 15.7 Å². The van der Waals surface area contributed by atoms with Crippen molar-refractivity contribution in [3.63, 3.8) is 0 Å². The molecule has 2 aromatic carbocycles. The van der Waals surface area contributed by atoms with Gasteiger partial charge in [0, 0.05) is 11.1 Å². The summed E-state index contributed by atoms with van der Waals surface area (Å²) in [4.78, 5) is 26.6. The van der Waals surface area contributed by atoms with Gasteiger partial charge >= 0.3 is 12.1 Å². The number of ether oxygens (including phenoxy) is 2. The van der Waals surface area contributed by atoms with Crippen LogP contribution in [0, 0.1) is 5.82 Å². The number of fused-ring (bicyclic) bond motifs is 1. The first kappa shape index (κ1) is 33.9. The van der Waals surface area contributed by atoms with Gasteiger partial charge in [0.1, 0.15) is 17.6 Å². The fraction of sp³-hybridized carbons (Fsp3) is 0.484. The third-order valence-corrected chi connectivity index (χ3v) is 12.1. The summed E-state index contributed by atoms with van der Waals surface area (Å²) in [5.41, 5.74) is 0.399. The predicted octanol–water partition coefficient (Wildman–Crippen LogP) is 6.50. The minimum absolute atomic E-state index is 0.0412. The van der Waals surface area contributed by atoms with Crippen LogP contribution in [0.1, 0.15) is 74.7 Å². The van der Waals surface area contributed by atoms with Crippen LogP contribution in [0.4, 0.5) is 14.9 Å². The standard InChI is InChI=1S/C31H43FN2O8Si/c1-30(2,3)41-29(39)34(16-18-10-11-21(28(37)38)25(32)27(18)40-7)17-23(42-43(8,9)31(4,5)6)19-12-14-22(35)26-20(19)13-15-24(36)33-26/h10-15,23-24,33,35-36H,16-17H2,1-9H3,(H,37,38)/t23-,24?/m0/s1. The molecule has 0 radical (unpaired) electrons. The van der Waals surface area contributed by atoms with Gasteiger partial charge in [0.15, 0.2) is 19.9 Å². The number of carboxylic acids is 1. The minimum atomic E-state index is -2.50. The molecule has 0 saturated carbocycles. The lowest BCUT2D eigenvalue weighted by Crippen LogP contribution is -2.45. The van der Waals surface area contributed by atoms with Crippen molar-refractivity contribution in [2.45, 2.75) is 84.2 Å². The second kappa shape index (κ2) is 12.5. The van der Waals surface area contributed by atoms with Gasteiger partial charge in [0.2, 0.25) is 0 Å². The lowest BCUT2D eigenvalue weighted by Gasteiger charge is -2.41. The number of phenolic OH excluding ortho intramolecular Hbond substituents is 1. The molecule has 3 rings (SSSR count). The topological polar surface area (TPSA) is 138 Å². The number of carboxylic acid groups (broad SMARTS) is 1. The van der Waals surface area contributed by atoms with Crippen LogP contribution in [0.15, 0.2) is 30.3 Å². The van der Waals surface area contributed by atoms with Crippen LogP contribution in [0.5, 0.6) is 11.5 Å². The number of nitrogens with one attached hydrogen (secondary N) is 1. The second-order valence-corrected chi connectivity index (χ2v) is 17.8. The van der Waals surface area contributed by atoms with Crippen LogP contribution >= 0.6 is 0 Å². The van der Waals surface area contributed by atoms with Gasteiger partial charge in [-0.1, -0.05) is 39.0 Å². The number of phenols is 1. The number of aliphatic hydroxyl groups excluding tert-OH is 1. The number of aliphatic hydroxyl groups is 1. The highest BCUT2D eigenvalue weighted by atomic mass is 28.4. The quantitative estimate of drug-likeness (QED) is 0.183. The van der Waals surface area contributed by atoms with E-state index in [1.807, 2.05) is 0 Å². The Morgan fingerprint density at radius 2 is 1.77 bits per heavy atom. The molecule has 1 unspecified atom stereocenters. The molecule has 12 heteroatoms. The van der Waals surface area contributed by atoms with E-state index >= 15 is 4.39 Å². The summed E-state index contributed by atoms with van der Waals surface area (Å²) in [6.07, 6.45) is 0.797. The summed E-state index contributed by atoms with van der Waals surface area (Å²) in [5, 5.41) is 32.7. The lowest BCUT2D eigenvalue weighted by molar-refractivity contribution is 0.0134. The van der Waals surface area contributed by atoms with Crippen molar-refractivity contribution < 1.29 is 43.2 Å². The van der Waals surface area contributed by atoms with Crippen molar-refractivity contribution in [3.05, 3.63) is 58.4 Å². The van der Waals surface area contributed by atoms with Crippen LogP contribution in [-0.4, -0.2) is 66.1 Å². The molecule has 2 aromatic rings. The Labute approximate surface area is 253 Å². The van der Waals surface area contributed by atoms with Crippen molar-refractivity contribution in [2.75, 3.05) is 19.0 Å². The van der Waals surface area contributed by atoms with E-state index in [2.05, 4.69) is 39.2 Å². The molecule has 43 heavy (non-hydrogen) atoms. The zero-order valence-corrected chi connectivity index (χ0v) is 27.2. The van der Waals surface area contributed by atoms with Crippen molar-refractivity contribution in [1.29, 1.82) is 0 Å². The first-order valence-electron chi connectivity index (χ1n) is 14.0. The summed E-state index contributed by atoms with van der Waals surface area (Å²) >= 11 is 0. The molecule has 0 aliphatic carbocycles. The van der Waals surface area contributed by atoms with Gasteiger partial charge in [0.05, 0.1) is 37.6 Å². The molecule has 0 aromatic heterocycles. The number of methoxy groups -OCH3 is 1. The molecule has 0 spiro atoms. The Kier molecular flexibility index (Phi) is 9.89. The number of anilines is 1. The summed E-state index contributed by atoms with van der Waals surface area (Å²) in [7, 11) is -1.27. The van der Waals surface area contributed by atoms with E-state index in [0.29, 0.717) is 16.8 Å². The van der Waals surface area contributed by atoms with E-state index < -0.39 is 49.7 Å². The molecule has 10 nitrogen and oxygen atoms in total. The predicted molar refractivity (Wildman–Crippen MR) is 164 cm³/mol. The van der Waals surface area contributed by atoms with Crippen LogP contribution in [0.3, 0.4) is 0 Å². The zero-order chi connectivity index (χ0) is 32.5. The van der Waals surface area contributed by atoms with Gasteiger partial charge in [-0.05, 0) is 62.7 Å². The Morgan fingerprint density at radius 1 is 1.12 bits per heavy atom. The molecule has 0 fully saturated rings. The summed E-state index contributed by atoms with van der Waals surface area (Å²) in [5.74, 6) is -2.85. The van der Waals surface area contributed by atoms with E-state index in [4.69, 9.17) is 13.9 Å². The molecule has 1 amide bonds. The van der Waals surface area contributed by atoms with Gasteiger partial charge in [-0.15, -0.1) is 0 Å². The lowest BCUT2D eigenvalue weighted by atomic mass is 9.96. The molecular weight excluding hydrogens is 575 g/mol. The molecule has 4 N–H and O–H groups in total. The number of aromatic carboxylic acids is 1. The zero-order valence-electron chi connectivity index (χ0n) is 26.2. The Morgan fingerprint density at radius 3 is 2.33 bits per heavy atom. The summed E-state index contributed by atoms with van der Waals surface area (Å²) in [6.45, 7) is 15.4. The fourth-order valence-electron chi connectivity index (χ4n) is 4.39. The second-order valence-electron chi connectivity index (χ2n) is 13.1. The van der Waals surface area contributed by atoms with Gasteiger partial charge in [-0.25, -0.2) is 14.0 Å². The van der Waals surface area contributed by atoms with Crippen molar-refractivity contribution >= 4 is 32.1 Å². The number of aromatic hydroxyl groups is 1. The van der Waals surface area contributed by atoms with Gasteiger partial charge < -0.3 is 39.4 Å². The van der Waals surface area contributed by atoms with Gasteiger partial charge in [-0.2, -0.15) is 0 Å². The summed E-state index contributed by atoms with van der Waals surface area (Å²) in [6, 6.07) is 5.74. The molecule has 0 saturated heterocycles. The summed E-state index contributed by atoms with van der Waals surface area (Å²) < 4.78 is 33.0. The molecule has 0 bridgehead atoms. The van der Waals surface area contributed by atoms with E-state index in [1.54, 1.807) is 32.9 Å². The van der Waals surface area contributed by atoms with E-state index in [-0.39, 0.29) is 35.2 Å². The Bertz CT molecular complexity index is 1400. The van der Waals surface area contributed by atoms with Crippen molar-refractivity contribution in [3.8, 4) is 11.5 Å². The van der Waals surface area contributed by atoms with Crippen molar-refractivity contribution in [1.82, 2.24) is 4.90 Å².